The van der Waals surface area contributed by atoms with Crippen LogP contribution in [0.5, 0.6) is 0 Å². The maximum absolute atomic E-state index is 10.6. The molecule has 1 atom stereocenters. The molecule has 1 saturated carbocycles. The average Bonchev–Trinajstić information content (AvgIpc) is 2.99. The van der Waals surface area contributed by atoms with Gasteiger partial charge in [-0.1, -0.05) is 29.8 Å². The largest absolute Gasteiger partial charge is 0.265 e. The van der Waals surface area contributed by atoms with Crippen molar-refractivity contribution < 1.29 is 4.92 Å². The Kier molecular flexibility index (Phi) is 2.71. The Morgan fingerprint density at radius 1 is 1.40 bits per heavy atom. The van der Waals surface area contributed by atoms with E-state index in [1.165, 1.54) is 5.56 Å². The fourth-order valence-corrected chi connectivity index (χ4v) is 2.00. The van der Waals surface area contributed by atoms with Crippen molar-refractivity contribution in [3.63, 3.8) is 0 Å². The summed E-state index contributed by atoms with van der Waals surface area (Å²) in [4.78, 5) is 10.4. The molecule has 2 rings (SSSR count). The van der Waals surface area contributed by atoms with Crippen molar-refractivity contribution in [3.05, 3.63) is 45.5 Å². The third-order valence-electron chi connectivity index (χ3n) is 3.04. The van der Waals surface area contributed by atoms with E-state index in [2.05, 4.69) is 0 Å². The van der Waals surface area contributed by atoms with Crippen LogP contribution in [0, 0.1) is 23.0 Å². The molecule has 0 radical (unpaired) electrons. The number of rotatable bonds is 4. The zero-order valence-corrected chi connectivity index (χ0v) is 8.85. The quantitative estimate of drug-likeness (QED) is 0.560. The van der Waals surface area contributed by atoms with E-state index in [9.17, 15) is 10.1 Å². The van der Waals surface area contributed by atoms with E-state index in [1.807, 2.05) is 31.2 Å². The number of nitrogens with zero attached hydrogens (tertiary/aromatic N) is 1. The highest BCUT2D eigenvalue weighted by atomic mass is 16.6. The number of hydrogen-bond donors (Lipinski definition) is 0. The van der Waals surface area contributed by atoms with E-state index in [1.54, 1.807) is 0 Å². The van der Waals surface area contributed by atoms with Crippen LogP contribution in [-0.4, -0.2) is 11.5 Å². The van der Waals surface area contributed by atoms with E-state index < -0.39 is 0 Å². The fourth-order valence-electron chi connectivity index (χ4n) is 2.00. The van der Waals surface area contributed by atoms with E-state index in [4.69, 9.17) is 0 Å². The normalized spacial score (nSPS) is 17.4. The highest BCUT2D eigenvalue weighted by molar-refractivity contribution is 5.26. The molecule has 0 unspecified atom stereocenters. The Hall–Kier alpha value is -1.38. The summed E-state index contributed by atoms with van der Waals surface area (Å²) in [6.07, 6.45) is 2.29. The smallest absolute Gasteiger partial charge is 0.210 e. The van der Waals surface area contributed by atoms with Gasteiger partial charge in [-0.15, -0.1) is 0 Å². The summed E-state index contributed by atoms with van der Waals surface area (Å²) in [6, 6.07) is 8.12. The van der Waals surface area contributed by atoms with Gasteiger partial charge in [-0.2, -0.15) is 0 Å². The summed E-state index contributed by atoms with van der Waals surface area (Å²) in [7, 11) is 0. The topological polar surface area (TPSA) is 43.1 Å². The van der Waals surface area contributed by atoms with Crippen LogP contribution in [0.15, 0.2) is 24.3 Å². The van der Waals surface area contributed by atoms with Crippen LogP contribution in [0.3, 0.4) is 0 Å². The Bertz CT molecular complexity index is 354. The Balaban J connectivity index is 2.16. The van der Waals surface area contributed by atoms with Crippen molar-refractivity contribution in [1.82, 2.24) is 0 Å². The van der Waals surface area contributed by atoms with Gasteiger partial charge in [0.25, 0.3) is 0 Å². The Morgan fingerprint density at radius 2 is 2.00 bits per heavy atom. The molecule has 0 amide bonds. The molecule has 80 valence electrons. The molecule has 0 N–H and O–H groups in total. The molecule has 1 aromatic rings. The van der Waals surface area contributed by atoms with Gasteiger partial charge >= 0.3 is 0 Å². The second-order valence-corrected chi connectivity index (χ2v) is 4.37. The molecule has 0 aliphatic heterocycles. The number of aryl methyl sites for hydroxylation is 1. The van der Waals surface area contributed by atoms with Crippen LogP contribution in [0.4, 0.5) is 0 Å². The minimum absolute atomic E-state index is 0.0771. The highest BCUT2D eigenvalue weighted by Crippen LogP contribution is 2.42. The van der Waals surface area contributed by atoms with Crippen LogP contribution in [0.25, 0.3) is 0 Å². The molecule has 1 fully saturated rings. The fraction of sp³-hybridized carbons (Fsp3) is 0.500. The second kappa shape index (κ2) is 4.01. The lowest BCUT2D eigenvalue weighted by Crippen LogP contribution is -2.14. The van der Waals surface area contributed by atoms with E-state index in [0.717, 1.165) is 18.4 Å². The summed E-state index contributed by atoms with van der Waals surface area (Å²) in [5.41, 5.74) is 2.33. The first-order valence-corrected chi connectivity index (χ1v) is 5.35. The van der Waals surface area contributed by atoms with Gasteiger partial charge in [-0.3, -0.25) is 10.1 Å². The van der Waals surface area contributed by atoms with Gasteiger partial charge in [0.15, 0.2) is 0 Å². The standard InChI is InChI=1S/C12H15NO2/c1-9-2-4-10(5-3-9)12(8-13(14)15)11-6-7-11/h2-5,11-12H,6-8H2,1H3/t12-/m0/s1. The molecule has 3 heteroatoms. The van der Waals surface area contributed by atoms with E-state index in [-0.39, 0.29) is 17.4 Å². The van der Waals surface area contributed by atoms with Crippen molar-refractivity contribution in [2.75, 3.05) is 6.54 Å². The van der Waals surface area contributed by atoms with Crippen molar-refractivity contribution in [2.45, 2.75) is 25.7 Å². The third-order valence-corrected chi connectivity index (χ3v) is 3.04. The molecule has 0 aromatic heterocycles. The maximum atomic E-state index is 10.6. The lowest BCUT2D eigenvalue weighted by Gasteiger charge is -2.12. The molecular weight excluding hydrogens is 190 g/mol. The monoisotopic (exact) mass is 205 g/mol. The highest BCUT2D eigenvalue weighted by Gasteiger charge is 2.35. The minimum atomic E-state index is -0.192. The van der Waals surface area contributed by atoms with Crippen LogP contribution < -0.4 is 0 Å². The van der Waals surface area contributed by atoms with Crippen molar-refractivity contribution >= 4 is 0 Å². The lowest BCUT2D eigenvalue weighted by atomic mass is 9.94. The predicted molar refractivity (Wildman–Crippen MR) is 58.5 cm³/mol. The van der Waals surface area contributed by atoms with Crippen molar-refractivity contribution in [1.29, 1.82) is 0 Å². The molecule has 15 heavy (non-hydrogen) atoms. The summed E-state index contributed by atoms with van der Waals surface area (Å²) in [6.45, 7) is 2.11. The van der Waals surface area contributed by atoms with Gasteiger partial charge in [0, 0.05) is 4.92 Å². The van der Waals surface area contributed by atoms with Crippen molar-refractivity contribution in [2.24, 2.45) is 5.92 Å². The zero-order chi connectivity index (χ0) is 10.8. The molecule has 3 nitrogen and oxygen atoms in total. The molecule has 0 spiro atoms. The minimum Gasteiger partial charge on any atom is -0.265 e. The summed E-state index contributed by atoms with van der Waals surface area (Å²) in [5, 5.41) is 10.6. The van der Waals surface area contributed by atoms with Gasteiger partial charge in [0.1, 0.15) is 0 Å². The predicted octanol–water partition coefficient (Wildman–Crippen LogP) is 2.77. The number of benzene rings is 1. The maximum Gasteiger partial charge on any atom is 0.210 e. The van der Waals surface area contributed by atoms with Gasteiger partial charge in [0.05, 0.1) is 5.92 Å². The molecule has 1 aromatic carbocycles. The lowest BCUT2D eigenvalue weighted by molar-refractivity contribution is -0.484. The first-order chi connectivity index (χ1) is 7.16. The first kappa shape index (κ1) is 10.1. The molecule has 0 heterocycles. The zero-order valence-electron chi connectivity index (χ0n) is 8.85. The van der Waals surface area contributed by atoms with Crippen LogP contribution in [0.2, 0.25) is 0 Å². The third kappa shape index (κ3) is 2.55. The first-order valence-electron chi connectivity index (χ1n) is 5.35. The number of nitro groups is 1. The summed E-state index contributed by atoms with van der Waals surface area (Å²) < 4.78 is 0. The van der Waals surface area contributed by atoms with Gasteiger partial charge in [-0.25, -0.2) is 0 Å². The van der Waals surface area contributed by atoms with Gasteiger partial charge in [-0.05, 0) is 31.2 Å². The summed E-state index contributed by atoms with van der Waals surface area (Å²) in [5.74, 6) is 0.665. The Labute approximate surface area is 89.3 Å². The van der Waals surface area contributed by atoms with E-state index >= 15 is 0 Å². The SMILES string of the molecule is Cc1ccc([C@H](C[N+](=O)[O-])C2CC2)cc1. The Morgan fingerprint density at radius 3 is 2.47 bits per heavy atom. The van der Waals surface area contributed by atoms with Crippen LogP contribution >= 0.6 is 0 Å². The molecular formula is C12H15NO2. The molecule has 0 bridgehead atoms. The number of hydrogen-bond acceptors (Lipinski definition) is 2. The van der Waals surface area contributed by atoms with Crippen molar-refractivity contribution in [3.8, 4) is 0 Å². The van der Waals surface area contributed by atoms with E-state index in [0.29, 0.717) is 5.92 Å². The van der Waals surface area contributed by atoms with Crippen LogP contribution in [-0.2, 0) is 0 Å². The van der Waals surface area contributed by atoms with Gasteiger partial charge < -0.3 is 0 Å². The second-order valence-electron chi connectivity index (χ2n) is 4.37. The molecule has 1 aliphatic carbocycles. The average molecular weight is 205 g/mol. The summed E-state index contributed by atoms with van der Waals surface area (Å²) >= 11 is 0. The van der Waals surface area contributed by atoms with Crippen LogP contribution in [0.1, 0.15) is 29.9 Å². The molecule has 1 aliphatic rings. The molecule has 0 saturated heterocycles. The van der Waals surface area contributed by atoms with Gasteiger partial charge in [0.2, 0.25) is 6.54 Å².